The lowest BCUT2D eigenvalue weighted by atomic mass is 9.97. The average Bonchev–Trinajstić information content (AvgIpc) is 3.61. The zero-order chi connectivity index (χ0) is 38.4. The fourth-order valence-electron chi connectivity index (χ4n) is 7.66. The molecule has 1 heterocycles. The van der Waals surface area contributed by atoms with E-state index in [-0.39, 0.29) is 6.17 Å². The Hall–Kier alpha value is -7.21. The van der Waals surface area contributed by atoms with Crippen LogP contribution in [-0.4, -0.2) is 17.5 Å². The van der Waals surface area contributed by atoms with Crippen molar-refractivity contribution in [3.05, 3.63) is 223 Å². The van der Waals surface area contributed by atoms with Crippen LogP contribution in [0.1, 0.15) is 22.9 Å². The first-order valence-corrected chi connectivity index (χ1v) is 19.4. The normalized spacial score (nSPS) is 12.1. The van der Waals surface area contributed by atoms with Gasteiger partial charge in [0.2, 0.25) is 0 Å². The van der Waals surface area contributed by atoms with Crippen molar-refractivity contribution < 1.29 is 0 Å². The third-order valence-electron chi connectivity index (χ3n) is 10.5. The third kappa shape index (κ3) is 7.57. The summed E-state index contributed by atoms with van der Waals surface area (Å²) in [5.41, 5.74) is 13.7. The van der Waals surface area contributed by atoms with Crippen LogP contribution in [0.2, 0.25) is 0 Å². The van der Waals surface area contributed by atoms with Crippen LogP contribution in [0.25, 0.3) is 49.7 Å². The number of hydrogen-bond acceptors (Lipinski definition) is 3. The maximum absolute atomic E-state index is 5.11. The molecule has 276 valence electrons. The van der Waals surface area contributed by atoms with Gasteiger partial charge in [0, 0.05) is 39.0 Å². The van der Waals surface area contributed by atoms with Crippen molar-refractivity contribution in [3.8, 4) is 27.9 Å². The molecular formula is C52H43N5. The van der Waals surface area contributed by atoms with Crippen molar-refractivity contribution in [2.75, 3.05) is 12.4 Å². The predicted molar refractivity (Wildman–Crippen MR) is 239 cm³/mol. The van der Waals surface area contributed by atoms with Gasteiger partial charge in [0.1, 0.15) is 12.0 Å². The number of rotatable bonds is 11. The van der Waals surface area contributed by atoms with E-state index in [0.717, 1.165) is 45.2 Å². The van der Waals surface area contributed by atoms with E-state index in [9.17, 15) is 0 Å². The molecule has 3 N–H and O–H groups in total. The van der Waals surface area contributed by atoms with Crippen LogP contribution in [0.15, 0.2) is 211 Å². The maximum Gasteiger partial charge on any atom is 0.130 e. The minimum atomic E-state index is -0.0776. The first-order valence-electron chi connectivity index (χ1n) is 19.4. The number of hydrogen-bond donors (Lipinski definition) is 3. The number of fused-ring (bicyclic) bond motifs is 3. The summed E-state index contributed by atoms with van der Waals surface area (Å²) in [5.74, 6) is 0.847. The number of aliphatic imine (C=N–C) groups is 1. The molecule has 0 bridgehead atoms. The third-order valence-corrected chi connectivity index (χ3v) is 10.5. The van der Waals surface area contributed by atoms with Gasteiger partial charge in [0.15, 0.2) is 0 Å². The van der Waals surface area contributed by atoms with Gasteiger partial charge in [-0.15, -0.1) is 0 Å². The molecule has 0 saturated heterocycles. The van der Waals surface area contributed by atoms with Gasteiger partial charge in [-0.1, -0.05) is 152 Å². The molecule has 0 aliphatic heterocycles. The van der Waals surface area contributed by atoms with E-state index in [1.54, 1.807) is 0 Å². The first kappa shape index (κ1) is 35.5. The lowest BCUT2D eigenvalue weighted by molar-refractivity contribution is 0.559. The van der Waals surface area contributed by atoms with Gasteiger partial charge in [-0.3, -0.25) is 10.3 Å². The van der Waals surface area contributed by atoms with E-state index in [0.29, 0.717) is 6.54 Å². The minimum Gasteiger partial charge on any atom is -0.355 e. The number of amidine groups is 1. The fourth-order valence-corrected chi connectivity index (χ4v) is 7.66. The van der Waals surface area contributed by atoms with Gasteiger partial charge in [0.25, 0.3) is 0 Å². The Kier molecular flexibility index (Phi) is 10.1. The second kappa shape index (κ2) is 16.3. The summed E-state index contributed by atoms with van der Waals surface area (Å²) < 4.78 is 2.37. The lowest BCUT2D eigenvalue weighted by Crippen LogP contribution is -2.37. The van der Waals surface area contributed by atoms with Gasteiger partial charge in [-0.2, -0.15) is 0 Å². The molecule has 0 aliphatic carbocycles. The van der Waals surface area contributed by atoms with Crippen LogP contribution >= 0.6 is 0 Å². The van der Waals surface area contributed by atoms with Gasteiger partial charge < -0.3 is 15.2 Å². The highest BCUT2D eigenvalue weighted by atomic mass is 15.1. The van der Waals surface area contributed by atoms with Crippen LogP contribution in [0, 0.1) is 0 Å². The standard InChI is InChI=1S/C52H43N5/c1-53-51(38-16-5-2-6-17-38)56-52(39-18-7-3-8-19-39)54-36-37-28-31-44(32-29-37)57-49-27-14-12-25-46(49)47-35-41(30-33-50(47)57)40-20-15-21-42(34-40)45-24-11-13-26-48(45)55-43-22-9-4-10-23-43/h2-35,51,53,55H,36H2,1H3,(H,54,56). The molecule has 0 aliphatic rings. The van der Waals surface area contributed by atoms with E-state index in [2.05, 4.69) is 209 Å². The van der Waals surface area contributed by atoms with E-state index in [1.165, 1.54) is 38.5 Å². The maximum atomic E-state index is 5.11. The number of nitrogens with one attached hydrogen (secondary N) is 3. The summed E-state index contributed by atoms with van der Waals surface area (Å²) in [4.78, 5) is 5.11. The fraction of sp³-hybridized carbons (Fsp3) is 0.0577. The van der Waals surface area contributed by atoms with Crippen LogP contribution in [0.5, 0.6) is 0 Å². The molecule has 1 atom stereocenters. The lowest BCUT2D eigenvalue weighted by Gasteiger charge is -2.21. The van der Waals surface area contributed by atoms with Gasteiger partial charge >= 0.3 is 0 Å². The molecular weight excluding hydrogens is 695 g/mol. The summed E-state index contributed by atoms with van der Waals surface area (Å²) >= 11 is 0. The van der Waals surface area contributed by atoms with E-state index >= 15 is 0 Å². The van der Waals surface area contributed by atoms with Crippen molar-refractivity contribution in [2.45, 2.75) is 12.7 Å². The quantitative estimate of drug-likeness (QED) is 0.0704. The number of nitrogens with zero attached hydrogens (tertiary/aromatic N) is 2. The molecule has 0 radical (unpaired) electrons. The summed E-state index contributed by atoms with van der Waals surface area (Å²) in [7, 11) is 1.96. The Balaban J connectivity index is 1.02. The molecule has 57 heavy (non-hydrogen) atoms. The van der Waals surface area contributed by atoms with E-state index in [1.807, 2.05) is 25.2 Å². The Morgan fingerprint density at radius 3 is 1.98 bits per heavy atom. The zero-order valence-corrected chi connectivity index (χ0v) is 31.8. The first-order chi connectivity index (χ1) is 28.2. The molecule has 9 rings (SSSR count). The predicted octanol–water partition coefficient (Wildman–Crippen LogP) is 12.3. The summed E-state index contributed by atoms with van der Waals surface area (Å²) in [6.45, 7) is 0.547. The van der Waals surface area contributed by atoms with Crippen molar-refractivity contribution in [1.29, 1.82) is 0 Å². The topological polar surface area (TPSA) is 53.4 Å². The largest absolute Gasteiger partial charge is 0.355 e. The molecule has 0 saturated carbocycles. The molecule has 0 amide bonds. The van der Waals surface area contributed by atoms with E-state index in [4.69, 9.17) is 4.99 Å². The second-order valence-corrected chi connectivity index (χ2v) is 14.2. The van der Waals surface area contributed by atoms with Crippen LogP contribution in [-0.2, 0) is 6.54 Å². The van der Waals surface area contributed by atoms with Crippen LogP contribution in [0.3, 0.4) is 0 Å². The summed E-state index contributed by atoms with van der Waals surface area (Å²) in [6.07, 6.45) is -0.0776. The molecule has 5 nitrogen and oxygen atoms in total. The van der Waals surface area contributed by atoms with Crippen molar-refractivity contribution in [3.63, 3.8) is 0 Å². The smallest absolute Gasteiger partial charge is 0.130 e. The Morgan fingerprint density at radius 2 is 1.19 bits per heavy atom. The summed E-state index contributed by atoms with van der Waals surface area (Å²) in [6, 6.07) is 72.8. The SMILES string of the molecule is CNC(NC(=NCc1ccc(-n2c3ccccc3c3cc(-c4cccc(-c5ccccc5Nc5ccccc5)c4)ccc32)cc1)c1ccccc1)c1ccccc1. The second-order valence-electron chi connectivity index (χ2n) is 14.2. The number of anilines is 2. The Bertz CT molecular complexity index is 2790. The minimum absolute atomic E-state index is 0.0776. The molecule has 5 heteroatoms. The molecule has 1 aromatic heterocycles. The highest BCUT2D eigenvalue weighted by molar-refractivity contribution is 6.10. The number of benzene rings is 8. The van der Waals surface area contributed by atoms with E-state index < -0.39 is 0 Å². The Morgan fingerprint density at radius 1 is 0.544 bits per heavy atom. The number of para-hydroxylation sites is 3. The van der Waals surface area contributed by atoms with Crippen LogP contribution in [0.4, 0.5) is 11.4 Å². The monoisotopic (exact) mass is 737 g/mol. The molecule has 9 aromatic rings. The zero-order valence-electron chi connectivity index (χ0n) is 31.8. The number of aromatic nitrogens is 1. The average molecular weight is 738 g/mol. The molecule has 0 fully saturated rings. The van der Waals surface area contributed by atoms with Crippen molar-refractivity contribution in [1.82, 2.24) is 15.2 Å². The Labute approximate surface area is 334 Å². The summed E-state index contributed by atoms with van der Waals surface area (Å²) in [5, 5.41) is 13.1. The molecule has 8 aromatic carbocycles. The van der Waals surface area contributed by atoms with Crippen LogP contribution < -0.4 is 16.0 Å². The molecule has 1 unspecified atom stereocenters. The molecule has 0 spiro atoms. The van der Waals surface area contributed by atoms with Gasteiger partial charge in [0.05, 0.1) is 17.6 Å². The highest BCUT2D eigenvalue weighted by Crippen LogP contribution is 2.37. The van der Waals surface area contributed by atoms with Gasteiger partial charge in [-0.25, -0.2) is 0 Å². The van der Waals surface area contributed by atoms with Crippen molar-refractivity contribution >= 4 is 39.0 Å². The highest BCUT2D eigenvalue weighted by Gasteiger charge is 2.15. The van der Waals surface area contributed by atoms with Gasteiger partial charge in [-0.05, 0) is 89.5 Å². The van der Waals surface area contributed by atoms with Crippen molar-refractivity contribution in [2.24, 2.45) is 4.99 Å².